The minimum atomic E-state index is -2.80. The molecule has 1 atom stereocenters. The van der Waals surface area contributed by atoms with Gasteiger partial charge in [0.05, 0.1) is 0 Å². The zero-order chi connectivity index (χ0) is 26.2. The first-order valence-electron chi connectivity index (χ1n) is 12.1. The maximum Gasteiger partial charge on any atom is 0.410 e. The van der Waals surface area contributed by atoms with Crippen molar-refractivity contribution in [2.24, 2.45) is 0 Å². The van der Waals surface area contributed by atoms with Gasteiger partial charge in [0.25, 0.3) is 8.32 Å². The molecule has 0 saturated carbocycles. The van der Waals surface area contributed by atoms with Crippen molar-refractivity contribution < 1.29 is 23.9 Å². The molecule has 190 valence electrons. The first-order valence-corrected chi connectivity index (χ1v) is 14.0. The summed E-state index contributed by atoms with van der Waals surface area (Å²) in [6, 6.07) is 28.5. The molecule has 0 spiro atoms. The van der Waals surface area contributed by atoms with E-state index in [0.717, 1.165) is 20.8 Å². The summed E-state index contributed by atoms with van der Waals surface area (Å²) >= 11 is 0. The predicted octanol–water partition coefficient (Wildman–Crippen LogP) is 4.67. The van der Waals surface area contributed by atoms with E-state index in [1.807, 2.05) is 66.7 Å². The maximum absolute atomic E-state index is 12.6. The van der Waals surface area contributed by atoms with Gasteiger partial charge < -0.3 is 14.3 Å². The molecule has 0 fully saturated rings. The van der Waals surface area contributed by atoms with E-state index in [1.165, 1.54) is 7.05 Å². The molecule has 0 aliphatic rings. The number of nitrogens with zero attached hydrogens (tertiary/aromatic N) is 1. The van der Waals surface area contributed by atoms with Crippen LogP contribution >= 0.6 is 0 Å². The van der Waals surface area contributed by atoms with Crippen LogP contribution in [0.15, 0.2) is 91.0 Å². The van der Waals surface area contributed by atoms with Gasteiger partial charge in [-0.2, -0.15) is 0 Å². The molecule has 0 aromatic heterocycles. The van der Waals surface area contributed by atoms with Crippen molar-refractivity contribution in [2.45, 2.75) is 44.9 Å². The highest BCUT2D eigenvalue weighted by molar-refractivity contribution is 6.99. The number of carbonyl (C=O) groups excluding carboxylic acids is 1. The fourth-order valence-electron chi connectivity index (χ4n) is 4.52. The van der Waals surface area contributed by atoms with Crippen molar-refractivity contribution >= 4 is 30.8 Å². The van der Waals surface area contributed by atoms with Crippen LogP contribution in [0.2, 0.25) is 5.04 Å². The van der Waals surface area contributed by atoms with Crippen LogP contribution in [0.4, 0.5) is 4.79 Å². The third kappa shape index (κ3) is 6.22. The number of hydrogen-bond acceptors (Lipinski definition) is 4. The van der Waals surface area contributed by atoms with Crippen molar-refractivity contribution in [1.29, 1.82) is 0 Å². The summed E-state index contributed by atoms with van der Waals surface area (Å²) in [7, 11) is -1.35. The lowest BCUT2D eigenvalue weighted by atomic mass is 10.2. The smallest absolute Gasteiger partial charge is 0.410 e. The fourth-order valence-corrected chi connectivity index (χ4v) is 9.10. The second-order valence-corrected chi connectivity index (χ2v) is 14.1. The fraction of sp³-hybridized carbons (Fsp3) is 0.310. The molecular weight excluding hydrogens is 470 g/mol. The number of amides is 1. The second-order valence-electron chi connectivity index (χ2n) is 9.81. The molecule has 3 rings (SSSR count). The van der Waals surface area contributed by atoms with E-state index >= 15 is 0 Å². The normalized spacial score (nSPS) is 12.6. The van der Waals surface area contributed by atoms with Gasteiger partial charge in [-0.1, -0.05) is 112 Å². The molecule has 36 heavy (non-hydrogen) atoms. The van der Waals surface area contributed by atoms with Crippen LogP contribution in [0.25, 0.3) is 0 Å². The Morgan fingerprint density at radius 2 is 1.33 bits per heavy atom. The van der Waals surface area contributed by atoms with Crippen LogP contribution in [0.1, 0.15) is 32.8 Å². The molecule has 6 nitrogen and oxygen atoms in total. The Bertz CT molecular complexity index is 1080. The van der Waals surface area contributed by atoms with Crippen LogP contribution in [0.5, 0.6) is 0 Å². The van der Waals surface area contributed by atoms with E-state index in [9.17, 15) is 14.7 Å². The molecule has 0 radical (unpaired) electrons. The molecule has 3 aromatic rings. The molecular formula is C29H35NO5Si. The van der Waals surface area contributed by atoms with Crippen LogP contribution in [-0.2, 0) is 20.6 Å². The third-order valence-electron chi connectivity index (χ3n) is 6.37. The molecule has 0 aliphatic carbocycles. The van der Waals surface area contributed by atoms with Gasteiger partial charge in [0.15, 0.2) is 0 Å². The first-order chi connectivity index (χ1) is 17.2. The lowest BCUT2D eigenvalue weighted by molar-refractivity contribution is -0.142. The highest BCUT2D eigenvalue weighted by Gasteiger charge is 2.50. The summed E-state index contributed by atoms with van der Waals surface area (Å²) in [5.74, 6) is -1.10. The maximum atomic E-state index is 12.6. The van der Waals surface area contributed by atoms with Crippen molar-refractivity contribution in [3.05, 3.63) is 96.6 Å². The number of aliphatic carboxylic acids is 1. The van der Waals surface area contributed by atoms with E-state index in [1.54, 1.807) is 0 Å². The average molecular weight is 506 g/mol. The Hall–Kier alpha value is -3.42. The van der Waals surface area contributed by atoms with Gasteiger partial charge in [-0.25, -0.2) is 9.59 Å². The topological polar surface area (TPSA) is 76.1 Å². The zero-order valence-electron chi connectivity index (χ0n) is 21.4. The van der Waals surface area contributed by atoms with Crippen molar-refractivity contribution in [1.82, 2.24) is 4.90 Å². The molecule has 7 heteroatoms. The Balaban J connectivity index is 1.79. The Morgan fingerprint density at radius 1 is 0.861 bits per heavy atom. The minimum Gasteiger partial charge on any atom is -0.480 e. The molecule has 0 heterocycles. The van der Waals surface area contributed by atoms with E-state index < -0.39 is 26.4 Å². The van der Waals surface area contributed by atoms with Gasteiger partial charge in [-0.15, -0.1) is 0 Å². The van der Waals surface area contributed by atoms with Crippen LogP contribution in [0.3, 0.4) is 0 Å². The van der Waals surface area contributed by atoms with Gasteiger partial charge >= 0.3 is 12.1 Å². The van der Waals surface area contributed by atoms with E-state index in [0.29, 0.717) is 0 Å². The highest BCUT2D eigenvalue weighted by Crippen LogP contribution is 2.36. The van der Waals surface area contributed by atoms with E-state index in [2.05, 4.69) is 45.0 Å². The lowest BCUT2D eigenvalue weighted by Gasteiger charge is -2.43. The number of carbonyl (C=O) groups is 2. The first kappa shape index (κ1) is 27.2. The monoisotopic (exact) mass is 505 g/mol. The van der Waals surface area contributed by atoms with Crippen LogP contribution in [0, 0.1) is 0 Å². The highest BCUT2D eigenvalue weighted by atomic mass is 28.4. The van der Waals surface area contributed by atoms with Crippen molar-refractivity contribution in [3.8, 4) is 0 Å². The SMILES string of the molecule is CN(C(=O)OCc1ccccc1)[C@H](CCO[Si](c1ccccc1)(c1ccccc1)C(C)(C)C)C(=O)O. The van der Waals surface area contributed by atoms with Crippen molar-refractivity contribution in [3.63, 3.8) is 0 Å². The summed E-state index contributed by atoms with van der Waals surface area (Å²) < 4.78 is 12.2. The molecule has 3 aromatic carbocycles. The lowest BCUT2D eigenvalue weighted by Crippen LogP contribution is -2.66. The number of hydrogen-bond donors (Lipinski definition) is 1. The van der Waals surface area contributed by atoms with Gasteiger partial charge in [0.1, 0.15) is 12.6 Å². The number of rotatable bonds is 10. The molecule has 0 bridgehead atoms. The van der Waals surface area contributed by atoms with Crippen LogP contribution < -0.4 is 10.4 Å². The average Bonchev–Trinajstić information content (AvgIpc) is 2.88. The summed E-state index contributed by atoms with van der Waals surface area (Å²) in [6.07, 6.45) is -0.548. The summed E-state index contributed by atoms with van der Waals surface area (Å²) in [4.78, 5) is 25.9. The molecule has 1 amide bonds. The molecule has 1 N–H and O–H groups in total. The molecule has 0 saturated heterocycles. The molecule has 0 aliphatic heterocycles. The number of likely N-dealkylation sites (N-methyl/N-ethyl adjacent to an activating group) is 1. The second kappa shape index (κ2) is 12.0. The number of carboxylic acids is 1. The van der Waals surface area contributed by atoms with Gasteiger partial charge in [-0.3, -0.25) is 4.90 Å². The third-order valence-corrected chi connectivity index (χ3v) is 11.4. The summed E-state index contributed by atoms with van der Waals surface area (Å²) in [5, 5.41) is 11.9. The van der Waals surface area contributed by atoms with Gasteiger partial charge in [0, 0.05) is 20.1 Å². The van der Waals surface area contributed by atoms with E-state index in [4.69, 9.17) is 9.16 Å². The van der Waals surface area contributed by atoms with Crippen molar-refractivity contribution in [2.75, 3.05) is 13.7 Å². The largest absolute Gasteiger partial charge is 0.480 e. The Kier molecular flexibility index (Phi) is 9.07. The van der Waals surface area contributed by atoms with Gasteiger partial charge in [-0.05, 0) is 21.0 Å². The van der Waals surface area contributed by atoms with Crippen LogP contribution in [-0.4, -0.2) is 50.1 Å². The van der Waals surface area contributed by atoms with Gasteiger partial charge in [0.2, 0.25) is 0 Å². The summed E-state index contributed by atoms with van der Waals surface area (Å²) in [6.45, 7) is 6.76. The predicted molar refractivity (Wildman–Crippen MR) is 144 cm³/mol. The quantitative estimate of drug-likeness (QED) is 0.405. The zero-order valence-corrected chi connectivity index (χ0v) is 22.4. The standard InChI is InChI=1S/C29H35NO5Si/c1-29(2,3)36(24-16-10-6-11-17-24,25-18-12-7-13-19-25)35-21-20-26(27(31)32)30(4)28(33)34-22-23-14-8-5-9-15-23/h5-19,26H,20-22H2,1-4H3,(H,31,32)/t26-/m1/s1. The number of ether oxygens (including phenoxy) is 1. The number of benzene rings is 3. The molecule has 0 unspecified atom stereocenters. The van der Waals surface area contributed by atoms with E-state index in [-0.39, 0.29) is 24.7 Å². The summed E-state index contributed by atoms with van der Waals surface area (Å²) in [5.41, 5.74) is 0.834. The minimum absolute atomic E-state index is 0.0783. The number of carboxylic acid groups (broad SMARTS) is 1. The Labute approximate surface area is 214 Å². The Morgan fingerprint density at radius 3 is 1.78 bits per heavy atom.